The first-order valence-electron chi connectivity index (χ1n) is 14.2. The van der Waals surface area contributed by atoms with Gasteiger partial charge in [-0.05, 0) is 43.4 Å². The molecule has 6 atom stereocenters. The van der Waals surface area contributed by atoms with Gasteiger partial charge in [-0.3, -0.25) is 9.69 Å². The minimum Gasteiger partial charge on any atom is -0.497 e. The molecule has 9 nitrogen and oxygen atoms in total. The number of benzene rings is 1. The average Bonchev–Trinajstić information content (AvgIpc) is 3.41. The second-order valence-corrected chi connectivity index (χ2v) is 12.1. The van der Waals surface area contributed by atoms with Crippen molar-refractivity contribution in [3.8, 4) is 5.75 Å². The molecule has 1 aromatic carbocycles. The number of methoxy groups -OCH3 is 1. The molecule has 0 aromatic heterocycles. The summed E-state index contributed by atoms with van der Waals surface area (Å²) in [6.07, 6.45) is 5.07. The van der Waals surface area contributed by atoms with Crippen molar-refractivity contribution in [3.63, 3.8) is 0 Å². The van der Waals surface area contributed by atoms with E-state index in [1.165, 1.54) is 6.92 Å². The molecule has 1 aliphatic carbocycles. The van der Waals surface area contributed by atoms with E-state index in [1.54, 1.807) is 7.11 Å². The molecular formula is C30H43N3O6. The quantitative estimate of drug-likeness (QED) is 0.382. The fourth-order valence-corrected chi connectivity index (χ4v) is 8.30. The summed E-state index contributed by atoms with van der Waals surface area (Å²) in [5.41, 5.74) is -0.709. The number of anilines is 1. The van der Waals surface area contributed by atoms with Crippen LogP contribution in [0.3, 0.4) is 0 Å². The van der Waals surface area contributed by atoms with Crippen LogP contribution in [0.5, 0.6) is 5.75 Å². The predicted molar refractivity (Wildman–Crippen MR) is 148 cm³/mol. The SMILES string of the molecule is CC[C@]12C=CCN3CC[C@@]4(c5ccc(OC)cc5N(C)[C@H]4[C@@](O)(COC(=O)NCCC(C)C)[C@@H]1OC(C)=O)C32. The molecule has 2 N–H and O–H groups in total. The third-order valence-electron chi connectivity index (χ3n) is 9.64. The molecule has 0 radical (unpaired) electrons. The lowest BCUT2D eigenvalue weighted by atomic mass is 9.48. The third-order valence-corrected chi connectivity index (χ3v) is 9.64. The monoisotopic (exact) mass is 541 g/mol. The maximum Gasteiger partial charge on any atom is 0.407 e. The molecule has 1 saturated heterocycles. The lowest BCUT2D eigenvalue weighted by Gasteiger charge is -2.64. The minimum absolute atomic E-state index is 0.00779. The number of ether oxygens (including phenoxy) is 3. The first-order valence-corrected chi connectivity index (χ1v) is 14.2. The number of hydrogen-bond acceptors (Lipinski definition) is 8. The number of carbonyl (C=O) groups is 2. The van der Waals surface area contributed by atoms with E-state index in [1.807, 2.05) is 19.2 Å². The van der Waals surface area contributed by atoms with Crippen LogP contribution in [-0.2, 0) is 19.7 Å². The minimum atomic E-state index is -1.69. The highest BCUT2D eigenvalue weighted by atomic mass is 16.6. The Bertz CT molecular complexity index is 1160. The Morgan fingerprint density at radius 3 is 2.69 bits per heavy atom. The van der Waals surface area contributed by atoms with Gasteiger partial charge in [-0.2, -0.15) is 0 Å². The van der Waals surface area contributed by atoms with E-state index in [2.05, 4.69) is 54.1 Å². The molecule has 214 valence electrons. The summed E-state index contributed by atoms with van der Waals surface area (Å²) in [4.78, 5) is 30.0. The molecule has 1 saturated carbocycles. The third kappa shape index (κ3) is 4.03. The number of likely N-dealkylation sites (N-methyl/N-ethyl adjacent to an activating group) is 1. The van der Waals surface area contributed by atoms with E-state index in [4.69, 9.17) is 14.2 Å². The summed E-state index contributed by atoms with van der Waals surface area (Å²) in [6, 6.07) is 5.61. The summed E-state index contributed by atoms with van der Waals surface area (Å²) in [5.74, 6) is 0.702. The van der Waals surface area contributed by atoms with Crippen LogP contribution in [-0.4, -0.2) is 86.3 Å². The smallest absolute Gasteiger partial charge is 0.407 e. The van der Waals surface area contributed by atoms with Crippen LogP contribution in [0.25, 0.3) is 0 Å². The number of nitrogens with one attached hydrogen (secondary N) is 1. The molecule has 3 aliphatic heterocycles. The molecule has 1 spiro atoms. The number of nitrogens with zero attached hydrogens (tertiary/aromatic N) is 2. The van der Waals surface area contributed by atoms with Gasteiger partial charge in [0.2, 0.25) is 0 Å². The number of fused-ring (bicyclic) bond motifs is 1. The number of alkyl carbamates (subject to hydrolysis) is 1. The molecule has 3 heterocycles. The number of rotatable bonds is 8. The lowest BCUT2D eigenvalue weighted by molar-refractivity contribution is -0.228. The Hall–Kier alpha value is -2.78. The van der Waals surface area contributed by atoms with E-state index in [0.29, 0.717) is 18.9 Å². The van der Waals surface area contributed by atoms with Crippen LogP contribution in [0.15, 0.2) is 30.4 Å². The van der Waals surface area contributed by atoms with Crippen molar-refractivity contribution in [2.75, 3.05) is 45.3 Å². The maximum absolute atomic E-state index is 12.9. The van der Waals surface area contributed by atoms with Gasteiger partial charge < -0.3 is 29.5 Å². The Morgan fingerprint density at radius 1 is 1.26 bits per heavy atom. The van der Waals surface area contributed by atoms with E-state index >= 15 is 0 Å². The second-order valence-electron chi connectivity index (χ2n) is 12.1. The highest BCUT2D eigenvalue weighted by molar-refractivity contribution is 5.72. The van der Waals surface area contributed by atoms with Crippen molar-refractivity contribution in [2.24, 2.45) is 11.3 Å². The maximum atomic E-state index is 12.9. The predicted octanol–water partition coefficient (Wildman–Crippen LogP) is 3.24. The zero-order valence-corrected chi connectivity index (χ0v) is 24.0. The topological polar surface area (TPSA) is 101 Å². The van der Waals surface area contributed by atoms with E-state index in [0.717, 1.165) is 42.9 Å². The van der Waals surface area contributed by atoms with E-state index in [9.17, 15) is 14.7 Å². The fourth-order valence-electron chi connectivity index (χ4n) is 8.30. The molecule has 1 aromatic rings. The summed E-state index contributed by atoms with van der Waals surface area (Å²) in [7, 11) is 3.61. The Kier molecular flexibility index (Phi) is 7.12. The summed E-state index contributed by atoms with van der Waals surface area (Å²) < 4.78 is 17.4. The normalized spacial score (nSPS) is 34.4. The molecule has 1 amide bonds. The van der Waals surface area contributed by atoms with Gasteiger partial charge in [0.25, 0.3) is 0 Å². The fraction of sp³-hybridized carbons (Fsp3) is 0.667. The van der Waals surface area contributed by atoms with Crippen LogP contribution in [0.4, 0.5) is 10.5 Å². The van der Waals surface area contributed by atoms with Gasteiger partial charge >= 0.3 is 12.1 Å². The first-order chi connectivity index (χ1) is 18.5. The summed E-state index contributed by atoms with van der Waals surface area (Å²) in [5, 5.41) is 15.7. The standard InChI is InChI=1S/C30H43N3O6/c1-7-28-12-8-15-33-16-13-29(24(28)33)22-10-9-21(37-6)17-23(22)32(5)25(29)30(36,26(28)39-20(4)34)18-38-27(35)31-14-11-19(2)3/h8-10,12,17,19,24-26,36H,7,11,13-16,18H2,1-6H3,(H,31,35)/t24?,25-,26-,28-,29-,30+/m1/s1. The summed E-state index contributed by atoms with van der Waals surface area (Å²) >= 11 is 0. The van der Waals surface area contributed by atoms with Crippen LogP contribution in [0.1, 0.15) is 52.5 Å². The Morgan fingerprint density at radius 2 is 2.03 bits per heavy atom. The summed E-state index contributed by atoms with van der Waals surface area (Å²) in [6.45, 7) is 9.48. The molecule has 1 unspecified atom stereocenters. The number of amides is 1. The zero-order valence-electron chi connectivity index (χ0n) is 24.0. The van der Waals surface area contributed by atoms with Crippen molar-refractivity contribution in [2.45, 2.75) is 76.2 Å². The molecule has 2 fully saturated rings. The zero-order chi connectivity index (χ0) is 28.2. The van der Waals surface area contributed by atoms with Crippen LogP contribution in [0.2, 0.25) is 0 Å². The lowest BCUT2D eigenvalue weighted by Crippen LogP contribution is -2.80. The van der Waals surface area contributed by atoms with Gasteiger partial charge in [-0.25, -0.2) is 4.79 Å². The number of esters is 1. The average molecular weight is 542 g/mol. The van der Waals surface area contributed by atoms with Crippen LogP contribution < -0.4 is 15.0 Å². The first kappa shape index (κ1) is 27.8. The van der Waals surface area contributed by atoms with Crippen LogP contribution >= 0.6 is 0 Å². The Balaban J connectivity index is 1.65. The molecule has 39 heavy (non-hydrogen) atoms. The van der Waals surface area contributed by atoms with E-state index in [-0.39, 0.29) is 12.6 Å². The van der Waals surface area contributed by atoms with Gasteiger partial charge in [-0.1, -0.05) is 39.0 Å². The van der Waals surface area contributed by atoms with Crippen molar-refractivity contribution in [1.82, 2.24) is 10.2 Å². The Labute approximate surface area is 231 Å². The number of aliphatic hydroxyl groups is 1. The largest absolute Gasteiger partial charge is 0.497 e. The van der Waals surface area contributed by atoms with Gasteiger partial charge in [-0.15, -0.1) is 0 Å². The highest BCUT2D eigenvalue weighted by Gasteiger charge is 2.78. The molecular weight excluding hydrogens is 498 g/mol. The van der Waals surface area contributed by atoms with Crippen molar-refractivity contribution in [1.29, 1.82) is 0 Å². The van der Waals surface area contributed by atoms with Gasteiger partial charge in [0, 0.05) is 55.7 Å². The molecule has 4 aliphatic rings. The van der Waals surface area contributed by atoms with Crippen LogP contribution in [0, 0.1) is 11.3 Å². The van der Waals surface area contributed by atoms with Crippen molar-refractivity contribution < 1.29 is 28.9 Å². The van der Waals surface area contributed by atoms with Crippen molar-refractivity contribution in [3.05, 3.63) is 35.9 Å². The van der Waals surface area contributed by atoms with Gasteiger partial charge in [0.05, 0.1) is 13.2 Å². The van der Waals surface area contributed by atoms with Gasteiger partial charge in [0.15, 0.2) is 5.60 Å². The molecule has 0 bridgehead atoms. The molecule has 5 rings (SSSR count). The second kappa shape index (κ2) is 10.0. The van der Waals surface area contributed by atoms with E-state index < -0.39 is 40.6 Å². The highest BCUT2D eigenvalue weighted by Crippen LogP contribution is 2.67. The molecule has 9 heteroatoms. The number of carbonyl (C=O) groups excluding carboxylic acids is 2. The van der Waals surface area contributed by atoms with Gasteiger partial charge in [0.1, 0.15) is 18.5 Å². The number of hydrogen-bond donors (Lipinski definition) is 2. The van der Waals surface area contributed by atoms with Crippen molar-refractivity contribution >= 4 is 17.7 Å².